The molecule has 0 bridgehead atoms. The fraction of sp³-hybridized carbons (Fsp3) is 0.421. The minimum Gasteiger partial charge on any atom is -0.442 e. The molecule has 0 saturated carbocycles. The second kappa shape index (κ2) is 10.9. The molecule has 12 nitrogen and oxygen atoms in total. The van der Waals surface area contributed by atoms with Crippen molar-refractivity contribution in [3.63, 3.8) is 0 Å². The average Bonchev–Trinajstić information content (AvgIpc) is 3.40. The van der Waals surface area contributed by atoms with Crippen molar-refractivity contribution in [2.45, 2.75) is 12.5 Å². The smallest absolute Gasteiger partial charge is 0.414 e. The molecule has 194 valence electrons. The zero-order valence-corrected chi connectivity index (χ0v) is 19.1. The molecule has 4 amide bonds. The van der Waals surface area contributed by atoms with E-state index < -0.39 is 42.2 Å². The van der Waals surface area contributed by atoms with Crippen molar-refractivity contribution >= 4 is 45.9 Å². The third-order valence-corrected chi connectivity index (χ3v) is 5.79. The number of hydroxylamine groups is 2. The minimum absolute atomic E-state index is 0.0181. The summed E-state index contributed by atoms with van der Waals surface area (Å²) in [5.74, 6) is -3.47. The molecule has 1 aromatic heterocycles. The number of carbonyl (C=O) groups excluding carboxylic acids is 3. The van der Waals surface area contributed by atoms with Gasteiger partial charge < -0.3 is 15.0 Å². The molecule has 17 heteroatoms. The van der Waals surface area contributed by atoms with Crippen LogP contribution >= 0.6 is 11.3 Å². The molecule has 2 saturated heterocycles. The largest absolute Gasteiger partial charge is 0.442 e. The Kier molecular flexibility index (Phi) is 7.68. The van der Waals surface area contributed by atoms with E-state index in [1.54, 1.807) is 0 Å². The van der Waals surface area contributed by atoms with Crippen molar-refractivity contribution < 1.29 is 41.5 Å². The number of amides is 4. The number of halogens is 4. The molecule has 4 rings (SSSR count). The lowest BCUT2D eigenvalue weighted by molar-refractivity contribution is -0.132. The van der Waals surface area contributed by atoms with Crippen LogP contribution in [0.4, 0.5) is 43.7 Å². The quantitative estimate of drug-likeness (QED) is 0.538. The molecule has 1 atom stereocenters. The molecular weight excluding hydrogens is 514 g/mol. The third-order valence-electron chi connectivity index (χ3n) is 5.19. The first-order chi connectivity index (χ1) is 17.2. The van der Waals surface area contributed by atoms with Gasteiger partial charge in [-0.1, -0.05) is 11.3 Å². The fourth-order valence-electron chi connectivity index (χ4n) is 3.55. The van der Waals surface area contributed by atoms with Crippen LogP contribution in [-0.4, -0.2) is 85.2 Å². The molecule has 2 aliphatic rings. The molecule has 0 unspecified atom stereocenters. The van der Waals surface area contributed by atoms with Crippen molar-refractivity contribution in [3.8, 4) is 0 Å². The topological polar surface area (TPSA) is 129 Å². The van der Waals surface area contributed by atoms with Gasteiger partial charge in [-0.2, -0.15) is 8.78 Å². The van der Waals surface area contributed by atoms with Crippen LogP contribution in [0.15, 0.2) is 17.6 Å². The van der Waals surface area contributed by atoms with Gasteiger partial charge in [0.1, 0.15) is 17.3 Å². The van der Waals surface area contributed by atoms with E-state index in [0.29, 0.717) is 0 Å². The number of cyclic esters (lactones) is 1. The number of hydrogen-bond donors (Lipinski definition) is 2. The Morgan fingerprint density at radius 2 is 1.94 bits per heavy atom. The maximum Gasteiger partial charge on any atom is 0.414 e. The average molecular weight is 533 g/mol. The molecule has 0 radical (unpaired) electrons. The highest BCUT2D eigenvalue weighted by Crippen LogP contribution is 2.31. The number of carbonyl (C=O) groups is 3. The Morgan fingerprint density at radius 1 is 1.19 bits per heavy atom. The summed E-state index contributed by atoms with van der Waals surface area (Å²) in [6.07, 6.45) is -5.15. The Morgan fingerprint density at radius 3 is 2.61 bits per heavy atom. The van der Waals surface area contributed by atoms with Crippen LogP contribution in [-0.2, 0) is 14.4 Å². The van der Waals surface area contributed by atoms with E-state index in [0.717, 1.165) is 33.4 Å². The number of aromatic nitrogens is 2. The van der Waals surface area contributed by atoms with E-state index in [1.807, 2.05) is 5.32 Å². The van der Waals surface area contributed by atoms with Gasteiger partial charge in [-0.15, -0.1) is 10.2 Å². The van der Waals surface area contributed by atoms with E-state index >= 15 is 8.78 Å². The summed E-state index contributed by atoms with van der Waals surface area (Å²) < 4.78 is 59.6. The SMILES string of the molecule is O=C(NC[C@H]1CN(c2cc(F)c(N3CCON(C(=O)Nc4nncs4)CC3)c(F)c2)C(=O)O1)C(F)F. The Bertz CT molecular complexity index is 1100. The number of urea groups is 1. The molecule has 3 heterocycles. The summed E-state index contributed by atoms with van der Waals surface area (Å²) >= 11 is 1.11. The minimum atomic E-state index is -3.23. The van der Waals surface area contributed by atoms with Crippen LogP contribution in [0, 0.1) is 11.6 Å². The van der Waals surface area contributed by atoms with Crippen LogP contribution < -0.4 is 20.4 Å². The monoisotopic (exact) mass is 533 g/mol. The number of nitrogens with one attached hydrogen (secondary N) is 2. The second-order valence-corrected chi connectivity index (χ2v) is 8.35. The zero-order valence-electron chi connectivity index (χ0n) is 18.3. The van der Waals surface area contributed by atoms with E-state index in [9.17, 15) is 23.2 Å². The number of rotatable bonds is 6. The number of anilines is 3. The number of ether oxygens (including phenoxy) is 1. The first kappa shape index (κ1) is 25.4. The van der Waals surface area contributed by atoms with Crippen molar-refractivity contribution in [1.82, 2.24) is 20.6 Å². The molecule has 2 aliphatic heterocycles. The van der Waals surface area contributed by atoms with Gasteiger partial charge in [0.05, 0.1) is 31.9 Å². The normalized spacial score (nSPS) is 18.3. The highest BCUT2D eigenvalue weighted by molar-refractivity contribution is 7.13. The number of alkyl halides is 2. The second-order valence-electron chi connectivity index (χ2n) is 7.52. The lowest BCUT2D eigenvalue weighted by Gasteiger charge is -2.24. The summed E-state index contributed by atoms with van der Waals surface area (Å²) in [5.41, 5.74) is 0.913. The highest BCUT2D eigenvalue weighted by atomic mass is 32.1. The third kappa shape index (κ3) is 5.73. The zero-order chi connectivity index (χ0) is 25.8. The molecule has 2 fully saturated rings. The predicted octanol–water partition coefficient (Wildman–Crippen LogP) is 1.81. The first-order valence-corrected chi connectivity index (χ1v) is 11.4. The van der Waals surface area contributed by atoms with Crippen molar-refractivity contribution in [2.75, 3.05) is 54.4 Å². The summed E-state index contributed by atoms with van der Waals surface area (Å²) in [4.78, 5) is 43.1. The van der Waals surface area contributed by atoms with Crippen LogP contribution in [0.1, 0.15) is 0 Å². The fourth-order valence-corrected chi connectivity index (χ4v) is 3.99. The molecule has 0 aliphatic carbocycles. The summed E-state index contributed by atoms with van der Waals surface area (Å²) in [5, 5.41) is 13.0. The predicted molar refractivity (Wildman–Crippen MR) is 117 cm³/mol. The van der Waals surface area contributed by atoms with Crippen molar-refractivity contribution in [1.29, 1.82) is 0 Å². The molecule has 2 N–H and O–H groups in total. The van der Waals surface area contributed by atoms with Gasteiger partial charge in [0.25, 0.3) is 5.91 Å². The lowest BCUT2D eigenvalue weighted by atomic mass is 10.2. The van der Waals surface area contributed by atoms with Crippen molar-refractivity contribution in [2.24, 2.45) is 0 Å². The van der Waals surface area contributed by atoms with Gasteiger partial charge in [0.15, 0.2) is 11.6 Å². The Balaban J connectivity index is 1.40. The molecule has 2 aromatic rings. The van der Waals surface area contributed by atoms with E-state index in [4.69, 9.17) is 9.57 Å². The molecule has 1 aromatic carbocycles. The lowest BCUT2D eigenvalue weighted by Crippen LogP contribution is -2.37. The van der Waals surface area contributed by atoms with Gasteiger partial charge in [0, 0.05) is 25.2 Å². The number of hydrogen-bond acceptors (Lipinski definition) is 9. The Hall–Kier alpha value is -3.73. The highest BCUT2D eigenvalue weighted by Gasteiger charge is 2.34. The van der Waals surface area contributed by atoms with Gasteiger partial charge >= 0.3 is 18.5 Å². The van der Waals surface area contributed by atoms with Gasteiger partial charge in [0.2, 0.25) is 5.13 Å². The van der Waals surface area contributed by atoms with E-state index in [-0.39, 0.29) is 55.8 Å². The van der Waals surface area contributed by atoms with Crippen LogP contribution in [0.2, 0.25) is 0 Å². The summed E-state index contributed by atoms with van der Waals surface area (Å²) in [6.45, 7) is -0.561. The van der Waals surface area contributed by atoms with Crippen molar-refractivity contribution in [3.05, 3.63) is 29.3 Å². The summed E-state index contributed by atoms with van der Waals surface area (Å²) in [7, 11) is 0. The molecule has 0 spiro atoms. The van der Waals surface area contributed by atoms with E-state index in [1.165, 1.54) is 10.4 Å². The maximum absolute atomic E-state index is 15.0. The van der Waals surface area contributed by atoms with E-state index in [2.05, 4.69) is 15.5 Å². The Labute approximate surface area is 204 Å². The van der Waals surface area contributed by atoms with Crippen LogP contribution in [0.3, 0.4) is 0 Å². The number of nitrogens with zero attached hydrogens (tertiary/aromatic N) is 5. The summed E-state index contributed by atoms with van der Waals surface area (Å²) in [6, 6.07) is 1.26. The van der Waals surface area contributed by atoms with Gasteiger partial charge in [-0.25, -0.2) is 23.4 Å². The standard InChI is InChI=1S/C19H19F4N7O5S/c20-12-5-10(29-8-11(35-19(29)33)7-24-16(31)15(22)23)6-13(21)14(12)28-1-2-30(34-4-3-28)18(32)26-17-27-25-9-36-17/h5-6,9,11,15H,1-4,7-8H2,(H,24,31)(H,26,27,32)/t11-/m0/s1. The maximum atomic E-state index is 15.0. The molecule has 36 heavy (non-hydrogen) atoms. The van der Waals surface area contributed by atoms with Crippen LogP contribution in [0.5, 0.6) is 0 Å². The van der Waals surface area contributed by atoms with Gasteiger partial charge in [-0.05, 0) is 0 Å². The molecular formula is C19H19F4N7O5S. The first-order valence-electron chi connectivity index (χ1n) is 10.5. The van der Waals surface area contributed by atoms with Gasteiger partial charge in [-0.3, -0.25) is 19.8 Å². The van der Waals surface area contributed by atoms with Crippen LogP contribution in [0.25, 0.3) is 0 Å². The number of benzene rings is 1.